The minimum atomic E-state index is -1.47. The normalized spacial score (nSPS) is 27.2. The van der Waals surface area contributed by atoms with E-state index in [1.54, 1.807) is 24.3 Å². The molecule has 0 unspecified atom stereocenters. The van der Waals surface area contributed by atoms with E-state index in [1.807, 2.05) is 6.07 Å². The van der Waals surface area contributed by atoms with Crippen LogP contribution in [0.5, 0.6) is 0 Å². The molecule has 2 fully saturated rings. The van der Waals surface area contributed by atoms with E-state index in [9.17, 15) is 29.1 Å². The molecule has 4 N–H and O–H groups in total. The van der Waals surface area contributed by atoms with Gasteiger partial charge in [-0.25, -0.2) is 19.3 Å². The minimum absolute atomic E-state index is 0.00795. The minimum Gasteiger partial charge on any atom is -0.445 e. The van der Waals surface area contributed by atoms with Crippen molar-refractivity contribution in [3.8, 4) is 0 Å². The van der Waals surface area contributed by atoms with Crippen LogP contribution in [0.3, 0.4) is 0 Å². The van der Waals surface area contributed by atoms with E-state index in [1.165, 1.54) is 6.92 Å². The number of carboxylic acid groups (broad SMARTS) is 1. The summed E-state index contributed by atoms with van der Waals surface area (Å²) in [6, 6.07) is 6.20. The standard InChI is InChI=1S/C19H22N4O8/c1-11-7-13(31-16(20)25)9-23(11,19(28)29)18(27)22-8-14(15(22)24)21-17(26)30-10-12-5-3-2-4-6-12/h2-6,11,13-14H,7-10H2,1H3,(H3-,20,21,25,26,28,29)/p+1/t11-,13+,14+,23-/m1/s1. The van der Waals surface area contributed by atoms with Crippen LogP contribution < -0.4 is 11.1 Å². The summed E-state index contributed by atoms with van der Waals surface area (Å²) in [5, 5.41) is 12.1. The maximum absolute atomic E-state index is 13.0. The largest absolute Gasteiger partial charge is 0.523 e. The number of rotatable bonds is 4. The van der Waals surface area contributed by atoms with Gasteiger partial charge in [0.1, 0.15) is 25.2 Å². The number of β-lactam (4-membered cyclic amide) rings is 1. The predicted octanol–water partition coefficient (Wildman–Crippen LogP) is 0.995. The zero-order valence-corrected chi connectivity index (χ0v) is 16.7. The van der Waals surface area contributed by atoms with Crippen molar-refractivity contribution in [2.24, 2.45) is 5.73 Å². The van der Waals surface area contributed by atoms with Gasteiger partial charge >= 0.3 is 24.3 Å². The molecule has 2 aliphatic heterocycles. The maximum Gasteiger partial charge on any atom is 0.523 e. The predicted molar refractivity (Wildman–Crippen MR) is 102 cm³/mol. The van der Waals surface area contributed by atoms with Crippen molar-refractivity contribution in [2.75, 3.05) is 13.1 Å². The van der Waals surface area contributed by atoms with Crippen LogP contribution in [0.15, 0.2) is 30.3 Å². The summed E-state index contributed by atoms with van der Waals surface area (Å²) in [4.78, 5) is 61.1. The molecule has 2 aliphatic rings. The van der Waals surface area contributed by atoms with Crippen LogP contribution in [0.2, 0.25) is 0 Å². The molecule has 12 nitrogen and oxygen atoms in total. The highest BCUT2D eigenvalue weighted by Crippen LogP contribution is 2.33. The maximum atomic E-state index is 13.0. The van der Waals surface area contributed by atoms with Crippen LogP contribution in [-0.4, -0.2) is 76.0 Å². The second-order valence-corrected chi connectivity index (χ2v) is 7.47. The average Bonchev–Trinajstić information content (AvgIpc) is 3.05. The lowest BCUT2D eigenvalue weighted by Crippen LogP contribution is -2.73. The van der Waals surface area contributed by atoms with Gasteiger partial charge < -0.3 is 25.6 Å². The zero-order chi connectivity index (χ0) is 22.8. The molecular formula is C19H23N4O8+. The van der Waals surface area contributed by atoms with Crippen molar-refractivity contribution >= 4 is 30.2 Å². The first-order valence-corrected chi connectivity index (χ1v) is 9.55. The monoisotopic (exact) mass is 435 g/mol. The van der Waals surface area contributed by atoms with Crippen LogP contribution in [0.1, 0.15) is 18.9 Å². The van der Waals surface area contributed by atoms with Crippen molar-refractivity contribution in [3.05, 3.63) is 35.9 Å². The summed E-state index contributed by atoms with van der Waals surface area (Å²) in [6.07, 6.45) is -4.16. The van der Waals surface area contributed by atoms with Crippen LogP contribution >= 0.6 is 0 Å². The van der Waals surface area contributed by atoms with Crippen LogP contribution in [0.4, 0.5) is 19.2 Å². The molecule has 12 heteroatoms. The number of benzene rings is 1. The van der Waals surface area contributed by atoms with Crippen LogP contribution in [0.25, 0.3) is 0 Å². The number of carbonyl (C=O) groups is 5. The SMILES string of the molecule is C[C@@H]1C[C@H](OC(N)=O)C[N@+]1(C(=O)O)C(=O)N1C[C@H](NC(=O)OCc2ccccc2)C1=O. The Morgan fingerprint density at radius 2 is 1.94 bits per heavy atom. The number of imide groups is 2. The molecule has 0 bridgehead atoms. The van der Waals surface area contributed by atoms with Crippen LogP contribution in [0, 0.1) is 0 Å². The number of likely N-dealkylation sites (tertiary alicyclic amines) is 2. The molecule has 1 aromatic carbocycles. The Bertz CT molecular complexity index is 907. The number of urea groups is 1. The molecule has 0 radical (unpaired) electrons. The number of quaternary nitrogens is 1. The smallest absolute Gasteiger partial charge is 0.445 e. The molecule has 0 saturated carbocycles. The van der Waals surface area contributed by atoms with E-state index in [2.05, 4.69) is 5.32 Å². The number of ether oxygens (including phenoxy) is 2. The number of nitrogens with zero attached hydrogens (tertiary/aromatic N) is 2. The highest BCUT2D eigenvalue weighted by molar-refractivity contribution is 6.03. The van der Waals surface area contributed by atoms with Gasteiger partial charge in [-0.3, -0.25) is 4.79 Å². The van der Waals surface area contributed by atoms with E-state index in [-0.39, 0.29) is 26.1 Å². The Morgan fingerprint density at radius 3 is 2.52 bits per heavy atom. The fourth-order valence-electron chi connectivity index (χ4n) is 3.83. The summed E-state index contributed by atoms with van der Waals surface area (Å²) in [5.74, 6) is -0.744. The third-order valence-electron chi connectivity index (χ3n) is 5.48. The number of nitrogens with two attached hydrogens (primary N) is 1. The Hall–Kier alpha value is -3.67. The molecule has 0 aromatic heterocycles. The summed E-state index contributed by atoms with van der Waals surface area (Å²) >= 11 is 0. The summed E-state index contributed by atoms with van der Waals surface area (Å²) < 4.78 is 8.80. The number of amides is 6. The second kappa shape index (κ2) is 8.60. The second-order valence-electron chi connectivity index (χ2n) is 7.47. The van der Waals surface area contributed by atoms with Gasteiger partial charge in [-0.1, -0.05) is 30.3 Å². The van der Waals surface area contributed by atoms with Gasteiger partial charge in [0.2, 0.25) is 0 Å². The quantitative estimate of drug-likeness (QED) is 0.465. The fraction of sp³-hybridized carbons (Fsp3) is 0.421. The average molecular weight is 435 g/mol. The van der Waals surface area contributed by atoms with Crippen molar-refractivity contribution in [2.45, 2.75) is 38.1 Å². The molecule has 0 spiro atoms. The van der Waals surface area contributed by atoms with Crippen molar-refractivity contribution in [1.29, 1.82) is 0 Å². The lowest BCUT2D eigenvalue weighted by atomic mass is 10.1. The Labute approximate surface area is 177 Å². The van der Waals surface area contributed by atoms with Crippen LogP contribution in [-0.2, 0) is 20.9 Å². The van der Waals surface area contributed by atoms with E-state index in [0.29, 0.717) is 0 Å². The van der Waals surface area contributed by atoms with E-state index in [0.717, 1.165) is 10.5 Å². The number of primary amides is 1. The lowest BCUT2D eigenvalue weighted by Gasteiger charge is -2.40. The molecular weight excluding hydrogens is 412 g/mol. The molecule has 4 atom stereocenters. The molecule has 2 saturated heterocycles. The zero-order valence-electron chi connectivity index (χ0n) is 16.7. The molecule has 0 aliphatic carbocycles. The Balaban J connectivity index is 1.59. The highest BCUT2D eigenvalue weighted by Gasteiger charge is 2.62. The Kier molecular flexibility index (Phi) is 6.11. The first kappa shape index (κ1) is 22.0. The van der Waals surface area contributed by atoms with Gasteiger partial charge in [-0.05, 0) is 12.5 Å². The van der Waals surface area contributed by atoms with E-state index >= 15 is 0 Å². The van der Waals surface area contributed by atoms with Crippen molar-refractivity contribution < 1.29 is 43.0 Å². The molecule has 31 heavy (non-hydrogen) atoms. The van der Waals surface area contributed by atoms with Gasteiger partial charge in [-0.15, -0.1) is 4.48 Å². The lowest BCUT2D eigenvalue weighted by molar-refractivity contribution is -0.792. The Morgan fingerprint density at radius 1 is 1.26 bits per heavy atom. The first-order valence-electron chi connectivity index (χ1n) is 9.55. The summed E-state index contributed by atoms with van der Waals surface area (Å²) in [7, 11) is 0. The fourth-order valence-corrected chi connectivity index (χ4v) is 3.83. The molecule has 3 rings (SSSR count). The number of carbonyl (C=O) groups excluding carboxylic acids is 4. The number of nitrogens with one attached hydrogen (secondary N) is 1. The number of hydrogen-bond acceptors (Lipinski definition) is 7. The third kappa shape index (κ3) is 4.28. The molecule has 2 heterocycles. The topological polar surface area (TPSA) is 165 Å². The first-order chi connectivity index (χ1) is 14.6. The molecule has 166 valence electrons. The van der Waals surface area contributed by atoms with Gasteiger partial charge in [0.05, 0.1) is 6.54 Å². The van der Waals surface area contributed by atoms with Crippen molar-refractivity contribution in [1.82, 2.24) is 10.2 Å². The van der Waals surface area contributed by atoms with Gasteiger partial charge in [0.15, 0.2) is 6.10 Å². The highest BCUT2D eigenvalue weighted by atomic mass is 16.6. The third-order valence-corrected chi connectivity index (χ3v) is 5.48. The van der Waals surface area contributed by atoms with E-state index < -0.39 is 52.9 Å². The summed E-state index contributed by atoms with van der Waals surface area (Å²) in [5.41, 5.74) is 5.75. The van der Waals surface area contributed by atoms with Gasteiger partial charge in [0.25, 0.3) is 5.91 Å². The molecule has 1 aromatic rings. The number of hydrogen-bond donors (Lipinski definition) is 3. The van der Waals surface area contributed by atoms with Gasteiger partial charge in [0, 0.05) is 6.42 Å². The number of alkyl carbamates (subject to hydrolysis) is 1. The summed E-state index contributed by atoms with van der Waals surface area (Å²) in [6.45, 7) is 0.976. The van der Waals surface area contributed by atoms with Gasteiger partial charge in [-0.2, -0.15) is 4.79 Å². The molecule has 6 amide bonds. The van der Waals surface area contributed by atoms with Crippen molar-refractivity contribution in [3.63, 3.8) is 0 Å². The van der Waals surface area contributed by atoms with E-state index in [4.69, 9.17) is 15.2 Å².